The first-order valence-corrected chi connectivity index (χ1v) is 29.7. The number of nitrogens with zero attached hydrogens (tertiary/aromatic N) is 1. The Hall–Kier alpha value is -3.59. The van der Waals surface area contributed by atoms with Gasteiger partial charge < -0.3 is 27.9 Å². The number of rotatable bonds is 50. The minimum Gasteiger partial charge on any atom is -0.756 e. The van der Waals surface area contributed by atoms with Gasteiger partial charge in [0.25, 0.3) is 7.82 Å². The quantitative estimate of drug-likeness (QED) is 0.0195. The van der Waals surface area contributed by atoms with Crippen molar-refractivity contribution < 1.29 is 42.1 Å². The molecule has 0 amide bonds. The molecule has 0 heterocycles. The normalized spacial score (nSPS) is 14.2. The molecule has 0 bridgehead atoms. The maximum atomic E-state index is 12.8. The lowest BCUT2D eigenvalue weighted by atomic mass is 10.1. The molecule has 0 spiro atoms. The van der Waals surface area contributed by atoms with Crippen molar-refractivity contribution in [3.63, 3.8) is 0 Å². The number of phosphoric ester groups is 1. The summed E-state index contributed by atoms with van der Waals surface area (Å²) >= 11 is 0. The van der Waals surface area contributed by atoms with Crippen molar-refractivity contribution in [1.82, 2.24) is 0 Å². The molecule has 0 aliphatic rings. The molecule has 2 unspecified atom stereocenters. The first-order chi connectivity index (χ1) is 35.0. The molecular weight excluding hydrogens is 918 g/mol. The molecule has 0 fully saturated rings. The number of likely N-dealkylation sites (N-methyl/N-ethyl adjacent to an activating group) is 1. The summed E-state index contributed by atoms with van der Waals surface area (Å²) in [7, 11) is 1.14. The second-order valence-electron chi connectivity index (χ2n) is 19.5. The molecule has 410 valence electrons. The summed E-state index contributed by atoms with van der Waals surface area (Å²) < 4.78 is 34.1. The van der Waals surface area contributed by atoms with Crippen LogP contribution in [0, 0.1) is 0 Å². The molecule has 10 heteroatoms. The topological polar surface area (TPSA) is 111 Å². The first-order valence-electron chi connectivity index (χ1n) is 28.2. The van der Waals surface area contributed by atoms with E-state index in [1.54, 1.807) is 0 Å². The van der Waals surface area contributed by atoms with Gasteiger partial charge in [0.1, 0.15) is 19.8 Å². The second-order valence-corrected chi connectivity index (χ2v) is 20.9. The maximum absolute atomic E-state index is 12.8. The molecule has 0 N–H and O–H groups in total. The number of hydrogen-bond donors (Lipinski definition) is 0. The van der Waals surface area contributed by atoms with Crippen LogP contribution in [0.25, 0.3) is 0 Å². The Morgan fingerprint density at radius 1 is 0.431 bits per heavy atom. The van der Waals surface area contributed by atoms with Crippen LogP contribution in [0.15, 0.2) is 122 Å². The number of unbranched alkanes of at least 4 members (excludes halogenated alkanes) is 16. The summed E-state index contributed by atoms with van der Waals surface area (Å²) in [5.74, 6) is -0.861. The van der Waals surface area contributed by atoms with Crippen molar-refractivity contribution in [1.29, 1.82) is 0 Å². The van der Waals surface area contributed by atoms with Crippen molar-refractivity contribution in [2.75, 3.05) is 47.5 Å². The van der Waals surface area contributed by atoms with Gasteiger partial charge >= 0.3 is 11.9 Å². The minimum absolute atomic E-state index is 0.0410. The highest BCUT2D eigenvalue weighted by Gasteiger charge is 2.21. The number of carbonyl (C=O) groups is 2. The van der Waals surface area contributed by atoms with E-state index >= 15 is 0 Å². The lowest BCUT2D eigenvalue weighted by Gasteiger charge is -2.28. The first kappa shape index (κ1) is 68.4. The summed E-state index contributed by atoms with van der Waals surface area (Å²) in [5, 5.41) is 0. The third kappa shape index (κ3) is 55.7. The van der Waals surface area contributed by atoms with Crippen molar-refractivity contribution in [2.24, 2.45) is 0 Å². The Bertz CT molecular complexity index is 1630. The largest absolute Gasteiger partial charge is 0.756 e. The minimum atomic E-state index is -4.65. The fourth-order valence-electron chi connectivity index (χ4n) is 7.18. The number of carbonyl (C=O) groups excluding carboxylic acids is 2. The SMILES string of the molecule is CC/C=C\C/C=C\C/C=C\C/C=C\C/C=C\CCCCCCCCCCCC(=O)OC(COC(=O)CCCCCCCCC/C=C\C/C=C\C/C=C\C/C=C\C/C=C\CC)COP(=O)([O-])OCC[N+](C)(C)C. The molecule has 9 nitrogen and oxygen atoms in total. The van der Waals surface area contributed by atoms with Crippen LogP contribution in [-0.2, 0) is 32.7 Å². The molecule has 0 aromatic rings. The second kappa shape index (κ2) is 52.3. The van der Waals surface area contributed by atoms with Crippen LogP contribution in [0.2, 0.25) is 0 Å². The average molecular weight is 1020 g/mol. The van der Waals surface area contributed by atoms with E-state index in [2.05, 4.69) is 135 Å². The monoisotopic (exact) mass is 1020 g/mol. The van der Waals surface area contributed by atoms with E-state index in [0.717, 1.165) is 116 Å². The smallest absolute Gasteiger partial charge is 0.306 e. The Balaban J connectivity index is 4.26. The van der Waals surface area contributed by atoms with Crippen molar-refractivity contribution in [2.45, 2.75) is 213 Å². The van der Waals surface area contributed by atoms with Crippen LogP contribution in [0.4, 0.5) is 0 Å². The molecule has 0 aromatic heterocycles. The number of phosphoric acid groups is 1. The van der Waals surface area contributed by atoms with E-state index < -0.39 is 32.5 Å². The van der Waals surface area contributed by atoms with E-state index in [4.69, 9.17) is 18.5 Å². The summed E-state index contributed by atoms with van der Waals surface area (Å²) in [4.78, 5) is 37.9. The Morgan fingerprint density at radius 3 is 1.11 bits per heavy atom. The van der Waals surface area contributed by atoms with Gasteiger partial charge in [0, 0.05) is 12.8 Å². The predicted molar refractivity (Wildman–Crippen MR) is 305 cm³/mol. The molecule has 0 aliphatic carbocycles. The van der Waals surface area contributed by atoms with E-state index in [1.807, 2.05) is 21.1 Å². The van der Waals surface area contributed by atoms with Gasteiger partial charge in [-0.15, -0.1) is 0 Å². The third-order valence-electron chi connectivity index (χ3n) is 11.5. The van der Waals surface area contributed by atoms with Crippen molar-refractivity contribution in [3.8, 4) is 0 Å². The maximum Gasteiger partial charge on any atom is 0.306 e. The Labute approximate surface area is 441 Å². The lowest BCUT2D eigenvalue weighted by Crippen LogP contribution is -2.37. The number of hydrogen-bond acceptors (Lipinski definition) is 8. The van der Waals surface area contributed by atoms with Gasteiger partial charge in [0.2, 0.25) is 0 Å². The van der Waals surface area contributed by atoms with Crippen LogP contribution >= 0.6 is 7.82 Å². The van der Waals surface area contributed by atoms with Gasteiger partial charge in [0.15, 0.2) is 6.10 Å². The zero-order chi connectivity index (χ0) is 52.7. The molecular formula is C62H104NO8P. The zero-order valence-electron chi connectivity index (χ0n) is 46.3. The number of allylic oxidation sites excluding steroid dienone is 20. The summed E-state index contributed by atoms with van der Waals surface area (Å²) in [6.45, 7) is 3.98. The van der Waals surface area contributed by atoms with Gasteiger partial charge in [-0.05, 0) is 103 Å². The van der Waals surface area contributed by atoms with Gasteiger partial charge in [-0.1, -0.05) is 212 Å². The van der Waals surface area contributed by atoms with Gasteiger partial charge in [0.05, 0.1) is 27.7 Å². The van der Waals surface area contributed by atoms with Gasteiger partial charge in [-0.25, -0.2) is 0 Å². The van der Waals surface area contributed by atoms with Gasteiger partial charge in [-0.2, -0.15) is 0 Å². The molecule has 0 saturated carbocycles. The Kier molecular flexibility index (Phi) is 49.7. The van der Waals surface area contributed by atoms with E-state index in [0.29, 0.717) is 23.9 Å². The highest BCUT2D eigenvalue weighted by atomic mass is 31.2. The molecule has 0 aromatic carbocycles. The van der Waals surface area contributed by atoms with Crippen LogP contribution in [-0.4, -0.2) is 70.0 Å². The third-order valence-corrected chi connectivity index (χ3v) is 12.4. The predicted octanol–water partition coefficient (Wildman–Crippen LogP) is 17.0. The van der Waals surface area contributed by atoms with Crippen molar-refractivity contribution >= 4 is 19.8 Å². The molecule has 0 rings (SSSR count). The van der Waals surface area contributed by atoms with E-state index in [9.17, 15) is 19.0 Å². The summed E-state index contributed by atoms with van der Waals surface area (Å²) in [5.41, 5.74) is 0. The standard InChI is InChI=1S/C62H104NO8P/c1-6-8-10-12-14-16-18-20-22-24-26-28-30-31-33-35-37-39-41-43-45-47-49-51-53-55-62(65)71-60(59-70-72(66,67)69-57-56-63(3,4)5)58-68-61(64)54-52-50-48-46-44-42-40-38-36-34-32-29-27-25-23-21-19-17-15-13-11-9-7-2/h8-11,14-17,20-23,26-29,31,33-34,36,60H,6-7,12-13,18-19,24-25,30,32,35,37-59H2,1-5H3/b10-8-,11-9-,16-14-,17-15-,22-20-,23-21-,28-26-,29-27-,33-31-,36-34-. The zero-order valence-corrected chi connectivity index (χ0v) is 47.2. The molecule has 2 atom stereocenters. The number of ether oxygens (including phenoxy) is 2. The molecule has 0 saturated heterocycles. The van der Waals surface area contributed by atoms with E-state index in [-0.39, 0.29) is 26.1 Å². The fourth-order valence-corrected chi connectivity index (χ4v) is 7.91. The fraction of sp³-hybridized carbons (Fsp3) is 0.645. The van der Waals surface area contributed by atoms with Crippen LogP contribution < -0.4 is 4.89 Å². The van der Waals surface area contributed by atoms with E-state index in [1.165, 1.54) is 51.4 Å². The molecule has 72 heavy (non-hydrogen) atoms. The molecule has 0 aliphatic heterocycles. The number of quaternary nitrogens is 1. The van der Waals surface area contributed by atoms with Crippen LogP contribution in [0.3, 0.4) is 0 Å². The van der Waals surface area contributed by atoms with Crippen LogP contribution in [0.1, 0.15) is 206 Å². The van der Waals surface area contributed by atoms with Gasteiger partial charge in [-0.3, -0.25) is 14.2 Å². The van der Waals surface area contributed by atoms with Crippen LogP contribution in [0.5, 0.6) is 0 Å². The highest BCUT2D eigenvalue weighted by molar-refractivity contribution is 7.45. The highest BCUT2D eigenvalue weighted by Crippen LogP contribution is 2.38. The van der Waals surface area contributed by atoms with Crippen molar-refractivity contribution in [3.05, 3.63) is 122 Å². The summed E-state index contributed by atoms with van der Waals surface area (Å²) in [6.07, 6.45) is 73.7. The number of esters is 2. The average Bonchev–Trinajstić information content (AvgIpc) is 3.34. The summed E-state index contributed by atoms with van der Waals surface area (Å²) in [6, 6.07) is 0. The molecule has 0 radical (unpaired) electrons. The Morgan fingerprint density at radius 2 is 0.750 bits per heavy atom. The lowest BCUT2D eigenvalue weighted by molar-refractivity contribution is -0.870.